The summed E-state index contributed by atoms with van der Waals surface area (Å²) < 4.78 is 27.9. The SMILES string of the molecule is Cc1nc2cc(C(CCC(C)C)N3CC(=O)NS3(=O)=O)ccc2[nH]1. The number of nitrogens with zero attached hydrogens (tertiary/aromatic N) is 2. The zero-order valence-electron chi connectivity index (χ0n) is 14.0. The van der Waals surface area contributed by atoms with Crippen LogP contribution in [0.15, 0.2) is 18.2 Å². The van der Waals surface area contributed by atoms with Crippen LogP contribution in [0.2, 0.25) is 0 Å². The molecule has 0 aliphatic carbocycles. The van der Waals surface area contributed by atoms with Gasteiger partial charge < -0.3 is 4.98 Å². The Bertz CT molecular complexity index is 873. The van der Waals surface area contributed by atoms with E-state index in [2.05, 4.69) is 28.5 Å². The summed E-state index contributed by atoms with van der Waals surface area (Å²) in [7, 11) is -3.77. The third-order valence-corrected chi connectivity index (χ3v) is 5.71. The van der Waals surface area contributed by atoms with Crippen molar-refractivity contribution in [3.63, 3.8) is 0 Å². The maximum absolute atomic E-state index is 12.3. The molecule has 130 valence electrons. The summed E-state index contributed by atoms with van der Waals surface area (Å²) >= 11 is 0. The molecule has 1 aromatic carbocycles. The highest BCUT2D eigenvalue weighted by molar-refractivity contribution is 7.88. The van der Waals surface area contributed by atoms with Gasteiger partial charge in [-0.05, 0) is 43.4 Å². The number of amides is 1. The summed E-state index contributed by atoms with van der Waals surface area (Å²) in [5.74, 6) is 0.769. The number of aromatic amines is 1. The first-order valence-electron chi connectivity index (χ1n) is 8.05. The largest absolute Gasteiger partial charge is 0.342 e. The molecule has 0 radical (unpaired) electrons. The molecule has 1 aromatic heterocycles. The fourth-order valence-electron chi connectivity index (χ4n) is 3.06. The number of imidazole rings is 1. The highest BCUT2D eigenvalue weighted by atomic mass is 32.2. The van der Waals surface area contributed by atoms with Crippen molar-refractivity contribution in [3.8, 4) is 0 Å². The lowest BCUT2D eigenvalue weighted by Gasteiger charge is -2.26. The van der Waals surface area contributed by atoms with E-state index in [1.807, 2.05) is 25.1 Å². The van der Waals surface area contributed by atoms with Crippen LogP contribution in [0.25, 0.3) is 11.0 Å². The van der Waals surface area contributed by atoms with Crippen LogP contribution in [0.3, 0.4) is 0 Å². The Morgan fingerprint density at radius 1 is 1.29 bits per heavy atom. The fourth-order valence-corrected chi connectivity index (χ4v) is 4.38. The Kier molecular flexibility index (Phi) is 4.35. The van der Waals surface area contributed by atoms with Gasteiger partial charge in [-0.2, -0.15) is 12.7 Å². The highest BCUT2D eigenvalue weighted by Gasteiger charge is 2.39. The molecule has 1 amide bonds. The monoisotopic (exact) mass is 350 g/mol. The van der Waals surface area contributed by atoms with E-state index >= 15 is 0 Å². The van der Waals surface area contributed by atoms with Gasteiger partial charge in [0.2, 0.25) is 5.91 Å². The number of nitrogens with one attached hydrogen (secondary N) is 2. The molecular formula is C16H22N4O3S. The Morgan fingerprint density at radius 3 is 2.67 bits per heavy atom. The van der Waals surface area contributed by atoms with Gasteiger partial charge in [0, 0.05) is 0 Å². The van der Waals surface area contributed by atoms with Gasteiger partial charge in [0.25, 0.3) is 0 Å². The second kappa shape index (κ2) is 6.18. The lowest BCUT2D eigenvalue weighted by Crippen LogP contribution is -2.33. The maximum Gasteiger partial charge on any atom is 0.304 e. The number of fused-ring (bicyclic) bond motifs is 1. The molecule has 0 saturated carbocycles. The maximum atomic E-state index is 12.3. The Labute approximate surface area is 141 Å². The summed E-state index contributed by atoms with van der Waals surface area (Å²) in [6, 6.07) is 5.34. The second-order valence-electron chi connectivity index (χ2n) is 6.66. The summed E-state index contributed by atoms with van der Waals surface area (Å²) in [4.78, 5) is 19.2. The summed E-state index contributed by atoms with van der Waals surface area (Å²) in [6.07, 6.45) is 1.52. The van der Waals surface area contributed by atoms with E-state index in [0.29, 0.717) is 12.3 Å². The van der Waals surface area contributed by atoms with Crippen LogP contribution in [0.4, 0.5) is 0 Å². The van der Waals surface area contributed by atoms with E-state index < -0.39 is 16.1 Å². The van der Waals surface area contributed by atoms with Crippen LogP contribution in [-0.4, -0.2) is 35.1 Å². The summed E-state index contributed by atoms with van der Waals surface area (Å²) in [5.41, 5.74) is 2.57. The predicted octanol–water partition coefficient (Wildman–Crippen LogP) is 2.03. The summed E-state index contributed by atoms with van der Waals surface area (Å²) in [6.45, 7) is 5.94. The van der Waals surface area contributed by atoms with Crippen molar-refractivity contribution in [2.75, 3.05) is 6.54 Å². The van der Waals surface area contributed by atoms with E-state index in [4.69, 9.17) is 0 Å². The van der Waals surface area contributed by atoms with Gasteiger partial charge >= 0.3 is 10.2 Å². The normalized spacial score (nSPS) is 19.1. The third kappa shape index (κ3) is 3.29. The van der Waals surface area contributed by atoms with Gasteiger partial charge in [-0.25, -0.2) is 9.71 Å². The van der Waals surface area contributed by atoms with Gasteiger partial charge in [-0.15, -0.1) is 0 Å². The average molecular weight is 350 g/mol. The second-order valence-corrected chi connectivity index (χ2v) is 8.28. The van der Waals surface area contributed by atoms with Gasteiger partial charge in [-0.3, -0.25) is 4.79 Å². The van der Waals surface area contributed by atoms with Crippen LogP contribution < -0.4 is 4.72 Å². The van der Waals surface area contributed by atoms with E-state index in [9.17, 15) is 13.2 Å². The van der Waals surface area contributed by atoms with E-state index in [1.165, 1.54) is 4.31 Å². The Balaban J connectivity index is 2.00. The molecule has 1 fully saturated rings. The number of hydrogen-bond acceptors (Lipinski definition) is 4. The number of carbonyl (C=O) groups excluding carboxylic acids is 1. The molecule has 1 saturated heterocycles. The Morgan fingerprint density at radius 2 is 2.04 bits per heavy atom. The fraction of sp³-hybridized carbons (Fsp3) is 0.500. The number of aromatic nitrogens is 2. The number of H-pyrrole nitrogens is 1. The van der Waals surface area contributed by atoms with E-state index in [-0.39, 0.29) is 12.6 Å². The van der Waals surface area contributed by atoms with Crippen molar-refractivity contribution < 1.29 is 13.2 Å². The third-order valence-electron chi connectivity index (χ3n) is 4.23. The van der Waals surface area contributed by atoms with Gasteiger partial charge in [0.1, 0.15) is 5.82 Å². The summed E-state index contributed by atoms with van der Waals surface area (Å²) in [5, 5.41) is 0. The average Bonchev–Trinajstić information content (AvgIpc) is 2.96. The molecule has 2 heterocycles. The number of rotatable bonds is 5. The molecule has 24 heavy (non-hydrogen) atoms. The molecule has 2 aromatic rings. The van der Waals surface area contributed by atoms with Crippen LogP contribution in [-0.2, 0) is 15.0 Å². The first kappa shape index (κ1) is 16.9. The van der Waals surface area contributed by atoms with Gasteiger partial charge in [0.15, 0.2) is 0 Å². The van der Waals surface area contributed by atoms with Crippen molar-refractivity contribution in [2.45, 2.75) is 39.7 Å². The first-order valence-corrected chi connectivity index (χ1v) is 9.49. The van der Waals surface area contributed by atoms with E-state index in [1.54, 1.807) is 0 Å². The van der Waals surface area contributed by atoms with Gasteiger partial charge in [-0.1, -0.05) is 19.9 Å². The lowest BCUT2D eigenvalue weighted by molar-refractivity contribution is -0.118. The van der Waals surface area contributed by atoms with Crippen LogP contribution in [0.5, 0.6) is 0 Å². The minimum Gasteiger partial charge on any atom is -0.342 e. The van der Waals surface area contributed by atoms with Crippen molar-refractivity contribution >= 4 is 27.1 Å². The van der Waals surface area contributed by atoms with Crippen LogP contribution in [0, 0.1) is 12.8 Å². The molecule has 1 unspecified atom stereocenters. The minimum absolute atomic E-state index is 0.136. The number of aryl methyl sites for hydroxylation is 1. The predicted molar refractivity (Wildman–Crippen MR) is 91.4 cm³/mol. The molecule has 8 heteroatoms. The zero-order chi connectivity index (χ0) is 17.5. The highest BCUT2D eigenvalue weighted by Crippen LogP contribution is 2.32. The standard InChI is InChI=1S/C16H22N4O3S/c1-10(2)4-7-15(20-9-16(21)19-24(20,22)23)12-5-6-13-14(8-12)18-11(3)17-13/h5-6,8,10,15H,4,7,9H2,1-3H3,(H,17,18)(H,19,21). The molecule has 0 bridgehead atoms. The smallest absolute Gasteiger partial charge is 0.304 e. The molecule has 0 spiro atoms. The topological polar surface area (TPSA) is 95.2 Å². The minimum atomic E-state index is -3.77. The number of benzene rings is 1. The van der Waals surface area contributed by atoms with Crippen LogP contribution in [0.1, 0.15) is 44.1 Å². The molecule has 3 rings (SSSR count). The molecule has 1 atom stereocenters. The lowest BCUT2D eigenvalue weighted by atomic mass is 9.97. The zero-order valence-corrected chi connectivity index (χ0v) is 14.9. The molecular weight excluding hydrogens is 328 g/mol. The number of hydrogen-bond donors (Lipinski definition) is 2. The van der Waals surface area contributed by atoms with Crippen molar-refractivity contribution in [2.24, 2.45) is 5.92 Å². The van der Waals surface area contributed by atoms with Gasteiger partial charge in [0.05, 0.1) is 23.6 Å². The Hall–Kier alpha value is -1.93. The molecule has 7 nitrogen and oxygen atoms in total. The number of carbonyl (C=O) groups is 1. The molecule has 1 aliphatic heterocycles. The first-order chi connectivity index (χ1) is 11.3. The quantitative estimate of drug-likeness (QED) is 0.862. The molecule has 1 aliphatic rings. The van der Waals surface area contributed by atoms with Crippen molar-refractivity contribution in [1.82, 2.24) is 19.0 Å². The van der Waals surface area contributed by atoms with E-state index in [0.717, 1.165) is 28.8 Å². The van der Waals surface area contributed by atoms with Crippen molar-refractivity contribution in [1.29, 1.82) is 0 Å². The van der Waals surface area contributed by atoms with Crippen molar-refractivity contribution in [3.05, 3.63) is 29.6 Å². The molecule has 2 N–H and O–H groups in total. The van der Waals surface area contributed by atoms with Crippen LogP contribution >= 0.6 is 0 Å².